The van der Waals surface area contributed by atoms with Crippen molar-refractivity contribution in [1.29, 1.82) is 0 Å². The average molecular weight is 343 g/mol. The molecule has 0 spiro atoms. The number of halogens is 2. The van der Waals surface area contributed by atoms with Crippen molar-refractivity contribution in [3.8, 4) is 0 Å². The molecule has 1 atom stereocenters. The van der Waals surface area contributed by atoms with Gasteiger partial charge in [0.25, 0.3) is 0 Å². The zero-order valence-corrected chi connectivity index (χ0v) is 14.3. The third-order valence-electron chi connectivity index (χ3n) is 4.06. The van der Waals surface area contributed by atoms with E-state index >= 15 is 0 Å². The molecule has 4 nitrogen and oxygen atoms in total. The second-order valence-corrected chi connectivity index (χ2v) is 6.36. The number of hydrogen-bond donors (Lipinski definition) is 0. The van der Waals surface area contributed by atoms with E-state index in [9.17, 15) is 9.59 Å². The van der Waals surface area contributed by atoms with Gasteiger partial charge >= 0.3 is 0 Å². The summed E-state index contributed by atoms with van der Waals surface area (Å²) in [6.07, 6.45) is 0.786. The fourth-order valence-corrected chi connectivity index (χ4v) is 3.50. The van der Waals surface area contributed by atoms with Gasteiger partial charge in [0.15, 0.2) is 0 Å². The number of carbonyl (C=O) groups is 2. The first-order valence-electron chi connectivity index (χ1n) is 7.40. The Labute approximate surface area is 141 Å². The Hall–Kier alpha value is -1.26. The van der Waals surface area contributed by atoms with Gasteiger partial charge in [-0.1, -0.05) is 29.3 Å². The van der Waals surface area contributed by atoms with Crippen molar-refractivity contribution in [2.24, 2.45) is 0 Å². The first-order valence-corrected chi connectivity index (χ1v) is 8.15. The Morgan fingerprint density at radius 3 is 2.18 bits per heavy atom. The Morgan fingerprint density at radius 2 is 1.59 bits per heavy atom. The van der Waals surface area contributed by atoms with E-state index in [1.54, 1.807) is 34.9 Å². The second kappa shape index (κ2) is 7.34. The molecule has 0 bridgehead atoms. The lowest BCUT2D eigenvalue weighted by Gasteiger charge is -2.25. The molecule has 1 saturated heterocycles. The molecule has 1 aromatic carbocycles. The van der Waals surface area contributed by atoms with E-state index in [-0.39, 0.29) is 11.8 Å². The molecule has 0 saturated carbocycles. The highest BCUT2D eigenvalue weighted by atomic mass is 35.5. The summed E-state index contributed by atoms with van der Waals surface area (Å²) < 4.78 is 0. The summed E-state index contributed by atoms with van der Waals surface area (Å²) in [7, 11) is 0. The van der Waals surface area contributed by atoms with Crippen LogP contribution in [-0.4, -0.2) is 47.8 Å². The minimum Gasteiger partial charge on any atom is -0.341 e. The average Bonchev–Trinajstić information content (AvgIpc) is 2.72. The van der Waals surface area contributed by atoms with E-state index in [0.717, 1.165) is 6.42 Å². The smallest absolute Gasteiger partial charge is 0.230 e. The summed E-state index contributed by atoms with van der Waals surface area (Å²) in [5.41, 5.74) is 0.670. The van der Waals surface area contributed by atoms with Gasteiger partial charge in [0.2, 0.25) is 11.8 Å². The molecule has 0 N–H and O–H groups in total. The highest BCUT2D eigenvalue weighted by molar-refractivity contribution is 6.36. The first-order chi connectivity index (χ1) is 10.4. The zero-order chi connectivity index (χ0) is 16.3. The van der Waals surface area contributed by atoms with Gasteiger partial charge in [0.1, 0.15) is 0 Å². The van der Waals surface area contributed by atoms with Gasteiger partial charge in [0, 0.05) is 48.7 Å². The third kappa shape index (κ3) is 3.73. The number of rotatable bonds is 2. The number of carbonyl (C=O) groups excluding carboxylic acids is 2. The van der Waals surface area contributed by atoms with Crippen LogP contribution in [0.3, 0.4) is 0 Å². The van der Waals surface area contributed by atoms with Crippen molar-refractivity contribution in [2.45, 2.75) is 26.2 Å². The van der Waals surface area contributed by atoms with Gasteiger partial charge < -0.3 is 9.80 Å². The van der Waals surface area contributed by atoms with Crippen LogP contribution in [0.4, 0.5) is 0 Å². The van der Waals surface area contributed by atoms with Crippen LogP contribution in [0.1, 0.15) is 31.7 Å². The summed E-state index contributed by atoms with van der Waals surface area (Å²) in [6.45, 7) is 5.84. The Kier molecular flexibility index (Phi) is 5.70. The number of benzene rings is 1. The summed E-state index contributed by atoms with van der Waals surface area (Å²) in [4.78, 5) is 27.8. The van der Waals surface area contributed by atoms with Crippen molar-refractivity contribution in [3.05, 3.63) is 33.8 Å². The molecule has 2 rings (SSSR count). The van der Waals surface area contributed by atoms with Gasteiger partial charge in [0.05, 0.1) is 5.92 Å². The largest absolute Gasteiger partial charge is 0.341 e. The SMILES string of the molecule is CC(=O)N1CCCN(C(=O)[C@H](C)c2c(Cl)cccc2Cl)CC1. The number of hydrogen-bond acceptors (Lipinski definition) is 2. The van der Waals surface area contributed by atoms with Crippen molar-refractivity contribution in [1.82, 2.24) is 9.80 Å². The lowest BCUT2D eigenvalue weighted by molar-refractivity contribution is -0.133. The van der Waals surface area contributed by atoms with E-state index in [1.165, 1.54) is 0 Å². The molecule has 1 aliphatic rings. The summed E-state index contributed by atoms with van der Waals surface area (Å²) >= 11 is 12.4. The lowest BCUT2D eigenvalue weighted by Crippen LogP contribution is -2.38. The second-order valence-electron chi connectivity index (χ2n) is 5.54. The maximum atomic E-state index is 12.7. The van der Waals surface area contributed by atoms with Crippen molar-refractivity contribution >= 4 is 35.0 Å². The molecular weight excluding hydrogens is 323 g/mol. The van der Waals surface area contributed by atoms with Gasteiger partial charge in [-0.05, 0) is 25.5 Å². The zero-order valence-electron chi connectivity index (χ0n) is 12.8. The molecule has 0 radical (unpaired) electrons. The monoisotopic (exact) mass is 342 g/mol. The molecule has 2 amide bonds. The van der Waals surface area contributed by atoms with Crippen molar-refractivity contribution in [3.63, 3.8) is 0 Å². The molecule has 6 heteroatoms. The van der Waals surface area contributed by atoms with Crippen LogP contribution in [0, 0.1) is 0 Å². The standard InChI is InChI=1S/C16H20Cl2N2O2/c1-11(15-13(17)5-3-6-14(15)18)16(22)20-8-4-7-19(9-10-20)12(2)21/h3,5-6,11H,4,7-10H2,1-2H3/t11-/m1/s1. The van der Waals surface area contributed by atoms with E-state index in [4.69, 9.17) is 23.2 Å². The first kappa shape index (κ1) is 17.1. The molecule has 120 valence electrons. The molecular formula is C16H20Cl2N2O2. The minimum absolute atomic E-state index is 0.000372. The summed E-state index contributed by atoms with van der Waals surface area (Å²) in [5, 5.41) is 1.02. The van der Waals surface area contributed by atoms with Gasteiger partial charge in [-0.15, -0.1) is 0 Å². The van der Waals surface area contributed by atoms with Crippen LogP contribution in [0.25, 0.3) is 0 Å². The third-order valence-corrected chi connectivity index (χ3v) is 4.72. The van der Waals surface area contributed by atoms with Gasteiger partial charge in [-0.25, -0.2) is 0 Å². The molecule has 22 heavy (non-hydrogen) atoms. The molecule has 0 aromatic heterocycles. The molecule has 0 aliphatic carbocycles. The van der Waals surface area contributed by atoms with E-state index in [2.05, 4.69) is 0 Å². The highest BCUT2D eigenvalue weighted by Crippen LogP contribution is 2.32. The Balaban J connectivity index is 2.12. The van der Waals surface area contributed by atoms with Crippen LogP contribution in [0.5, 0.6) is 0 Å². The van der Waals surface area contributed by atoms with Crippen LogP contribution < -0.4 is 0 Å². The molecule has 1 aliphatic heterocycles. The molecule has 0 unspecified atom stereocenters. The van der Waals surface area contributed by atoms with Crippen molar-refractivity contribution < 1.29 is 9.59 Å². The predicted molar refractivity (Wildman–Crippen MR) is 88.3 cm³/mol. The predicted octanol–water partition coefficient (Wildman–Crippen LogP) is 3.18. The molecule has 1 fully saturated rings. The summed E-state index contributed by atoms with van der Waals surface area (Å²) in [5.74, 6) is -0.345. The topological polar surface area (TPSA) is 40.6 Å². The fourth-order valence-electron chi connectivity index (χ4n) is 2.77. The van der Waals surface area contributed by atoms with Crippen LogP contribution in [0.2, 0.25) is 10.0 Å². The Morgan fingerprint density at radius 1 is 1.05 bits per heavy atom. The maximum Gasteiger partial charge on any atom is 0.230 e. The number of nitrogens with zero attached hydrogens (tertiary/aromatic N) is 2. The number of amides is 2. The quantitative estimate of drug-likeness (QED) is 0.828. The van der Waals surface area contributed by atoms with Crippen LogP contribution in [-0.2, 0) is 9.59 Å². The molecule has 1 heterocycles. The Bertz CT molecular complexity index is 557. The van der Waals surface area contributed by atoms with Crippen LogP contribution >= 0.6 is 23.2 Å². The lowest BCUT2D eigenvalue weighted by atomic mass is 9.99. The van der Waals surface area contributed by atoms with Gasteiger partial charge in [-0.2, -0.15) is 0 Å². The minimum atomic E-state index is -0.398. The fraction of sp³-hybridized carbons (Fsp3) is 0.500. The van der Waals surface area contributed by atoms with E-state index in [0.29, 0.717) is 41.8 Å². The van der Waals surface area contributed by atoms with E-state index < -0.39 is 5.92 Å². The van der Waals surface area contributed by atoms with Crippen LogP contribution in [0.15, 0.2) is 18.2 Å². The highest BCUT2D eigenvalue weighted by Gasteiger charge is 2.27. The normalized spacial score (nSPS) is 17.1. The summed E-state index contributed by atoms with van der Waals surface area (Å²) in [6, 6.07) is 5.25. The van der Waals surface area contributed by atoms with E-state index in [1.807, 2.05) is 6.92 Å². The van der Waals surface area contributed by atoms with Gasteiger partial charge in [-0.3, -0.25) is 9.59 Å². The molecule has 1 aromatic rings. The van der Waals surface area contributed by atoms with Crippen molar-refractivity contribution in [2.75, 3.05) is 26.2 Å². The maximum absolute atomic E-state index is 12.7.